The largest absolute Gasteiger partial charge is 0.481 e. The molecule has 1 aliphatic carbocycles. The van der Waals surface area contributed by atoms with Crippen LogP contribution < -0.4 is 0 Å². The van der Waals surface area contributed by atoms with Crippen LogP contribution in [0.5, 0.6) is 0 Å². The van der Waals surface area contributed by atoms with Gasteiger partial charge in [-0.2, -0.15) is 0 Å². The Morgan fingerprint density at radius 1 is 1.47 bits per heavy atom. The lowest BCUT2D eigenvalue weighted by molar-refractivity contribution is -0.136. The summed E-state index contributed by atoms with van der Waals surface area (Å²) in [4.78, 5) is 10.4. The van der Waals surface area contributed by atoms with E-state index in [4.69, 9.17) is 5.11 Å². The molecule has 1 aromatic rings. The average Bonchev–Trinajstić information content (AvgIpc) is 2.57. The van der Waals surface area contributed by atoms with Crippen LogP contribution in [-0.2, 0) is 11.2 Å². The Kier molecular flexibility index (Phi) is 2.54. The quantitative estimate of drug-likeness (QED) is 0.825. The van der Waals surface area contributed by atoms with E-state index in [1.54, 1.807) is 6.07 Å². The summed E-state index contributed by atoms with van der Waals surface area (Å²) in [5, 5.41) is 8.58. The van der Waals surface area contributed by atoms with Crippen LogP contribution in [0.3, 0.4) is 0 Å². The number of halogens is 1. The molecular weight excluding hydrogens is 195 g/mol. The normalized spacial score (nSPS) is 13.5. The van der Waals surface area contributed by atoms with Gasteiger partial charge in [-0.25, -0.2) is 4.39 Å². The highest BCUT2D eigenvalue weighted by atomic mass is 19.1. The van der Waals surface area contributed by atoms with Crippen LogP contribution in [-0.4, -0.2) is 11.1 Å². The summed E-state index contributed by atoms with van der Waals surface area (Å²) < 4.78 is 13.0. The minimum Gasteiger partial charge on any atom is -0.481 e. The first-order valence-corrected chi connectivity index (χ1v) is 4.86. The summed E-state index contributed by atoms with van der Waals surface area (Å²) in [5.74, 6) is -1.09. The first-order valence-electron chi connectivity index (χ1n) is 4.86. The molecule has 0 atom stereocenters. The molecule has 0 radical (unpaired) electrons. The highest BCUT2D eigenvalue weighted by molar-refractivity contribution is 5.76. The molecular formula is C12H11FO2. The Balaban J connectivity index is 2.19. The van der Waals surface area contributed by atoms with E-state index in [-0.39, 0.29) is 12.2 Å². The maximum absolute atomic E-state index is 13.0. The number of hydrogen-bond donors (Lipinski definition) is 1. The number of allylic oxidation sites excluding steroid dienone is 2. The van der Waals surface area contributed by atoms with E-state index in [0.717, 1.165) is 23.1 Å². The molecule has 0 saturated heterocycles. The first kappa shape index (κ1) is 9.90. The van der Waals surface area contributed by atoms with Gasteiger partial charge in [0.25, 0.3) is 0 Å². The highest BCUT2D eigenvalue weighted by Crippen LogP contribution is 2.30. The highest BCUT2D eigenvalue weighted by Gasteiger charge is 2.15. The zero-order chi connectivity index (χ0) is 10.8. The molecule has 0 unspecified atom stereocenters. The monoisotopic (exact) mass is 206 g/mol. The summed E-state index contributed by atoms with van der Waals surface area (Å²) in [6.07, 6.45) is 3.34. The van der Waals surface area contributed by atoms with Crippen molar-refractivity contribution in [3.63, 3.8) is 0 Å². The second kappa shape index (κ2) is 3.85. The van der Waals surface area contributed by atoms with Gasteiger partial charge in [-0.15, -0.1) is 0 Å². The Morgan fingerprint density at radius 2 is 2.27 bits per heavy atom. The summed E-state index contributed by atoms with van der Waals surface area (Å²) in [5.41, 5.74) is 2.90. The van der Waals surface area contributed by atoms with E-state index in [9.17, 15) is 9.18 Å². The van der Waals surface area contributed by atoms with Crippen LogP contribution >= 0.6 is 0 Å². The molecule has 1 aliphatic rings. The van der Waals surface area contributed by atoms with Crippen molar-refractivity contribution < 1.29 is 14.3 Å². The molecule has 2 nitrogen and oxygen atoms in total. The summed E-state index contributed by atoms with van der Waals surface area (Å²) in [7, 11) is 0. The number of carboxylic acid groups (broad SMARTS) is 1. The smallest absolute Gasteiger partial charge is 0.303 e. The van der Waals surface area contributed by atoms with Crippen molar-refractivity contribution in [2.24, 2.45) is 0 Å². The topological polar surface area (TPSA) is 37.3 Å². The van der Waals surface area contributed by atoms with Gasteiger partial charge in [-0.05, 0) is 41.7 Å². The fourth-order valence-electron chi connectivity index (χ4n) is 1.85. The van der Waals surface area contributed by atoms with Gasteiger partial charge in [0.2, 0.25) is 0 Å². The van der Waals surface area contributed by atoms with E-state index >= 15 is 0 Å². The second-order valence-electron chi connectivity index (χ2n) is 3.63. The Bertz CT molecular complexity index is 435. The van der Waals surface area contributed by atoms with Gasteiger partial charge >= 0.3 is 5.97 Å². The molecule has 0 amide bonds. The fourth-order valence-corrected chi connectivity index (χ4v) is 1.85. The molecule has 0 aliphatic heterocycles. The van der Waals surface area contributed by atoms with Crippen molar-refractivity contribution in [3.8, 4) is 0 Å². The minimum atomic E-state index is -0.819. The van der Waals surface area contributed by atoms with Gasteiger partial charge in [-0.3, -0.25) is 4.79 Å². The van der Waals surface area contributed by atoms with E-state index in [1.165, 1.54) is 12.1 Å². The number of rotatable bonds is 3. The average molecular weight is 206 g/mol. The predicted molar refractivity (Wildman–Crippen MR) is 55.0 cm³/mol. The second-order valence-corrected chi connectivity index (χ2v) is 3.63. The zero-order valence-electron chi connectivity index (χ0n) is 8.16. The van der Waals surface area contributed by atoms with Crippen LogP contribution in [0.1, 0.15) is 24.0 Å². The number of carbonyl (C=O) groups is 1. The van der Waals surface area contributed by atoms with E-state index in [1.807, 2.05) is 6.08 Å². The molecule has 0 aromatic heterocycles. The standard InChI is InChI=1S/C12H11FO2/c13-10-5-3-8-1-2-9(11(8)7-10)4-6-12(14)15/h2-3,5,7H,1,4,6H2,(H,14,15). The fraction of sp³-hybridized carbons (Fsp3) is 0.250. The van der Waals surface area contributed by atoms with Crippen LogP contribution in [0.25, 0.3) is 5.57 Å². The number of carboxylic acids is 1. The molecule has 0 heterocycles. The molecule has 2 rings (SSSR count). The van der Waals surface area contributed by atoms with Crippen molar-refractivity contribution >= 4 is 11.5 Å². The number of hydrogen-bond acceptors (Lipinski definition) is 1. The molecule has 1 aromatic carbocycles. The van der Waals surface area contributed by atoms with Gasteiger partial charge < -0.3 is 5.11 Å². The zero-order valence-corrected chi connectivity index (χ0v) is 8.16. The van der Waals surface area contributed by atoms with Gasteiger partial charge in [-0.1, -0.05) is 12.1 Å². The number of fused-ring (bicyclic) bond motifs is 1. The minimum absolute atomic E-state index is 0.0990. The molecule has 0 saturated carbocycles. The van der Waals surface area contributed by atoms with Crippen molar-refractivity contribution in [1.82, 2.24) is 0 Å². The maximum atomic E-state index is 13.0. The molecule has 0 fully saturated rings. The van der Waals surface area contributed by atoms with Crippen molar-refractivity contribution in [2.75, 3.05) is 0 Å². The summed E-state index contributed by atoms with van der Waals surface area (Å²) in [6.45, 7) is 0. The van der Waals surface area contributed by atoms with Gasteiger partial charge in [0, 0.05) is 6.42 Å². The van der Waals surface area contributed by atoms with Crippen molar-refractivity contribution in [1.29, 1.82) is 0 Å². The third kappa shape index (κ3) is 2.06. The summed E-state index contributed by atoms with van der Waals surface area (Å²) >= 11 is 0. The van der Waals surface area contributed by atoms with Crippen molar-refractivity contribution in [3.05, 3.63) is 41.2 Å². The first-order chi connectivity index (χ1) is 7.16. The SMILES string of the molecule is O=C(O)CCC1=CCc2ccc(F)cc21. The lowest BCUT2D eigenvalue weighted by atomic mass is 10.0. The lowest BCUT2D eigenvalue weighted by Gasteiger charge is -2.04. The lowest BCUT2D eigenvalue weighted by Crippen LogP contribution is -1.95. The Labute approximate surface area is 87.0 Å². The van der Waals surface area contributed by atoms with E-state index in [0.29, 0.717) is 6.42 Å². The predicted octanol–water partition coefficient (Wildman–Crippen LogP) is 2.63. The number of benzene rings is 1. The maximum Gasteiger partial charge on any atom is 0.303 e. The molecule has 78 valence electrons. The molecule has 1 N–H and O–H groups in total. The number of aliphatic carboxylic acids is 1. The van der Waals surface area contributed by atoms with Gasteiger partial charge in [0.15, 0.2) is 0 Å². The third-order valence-corrected chi connectivity index (χ3v) is 2.59. The van der Waals surface area contributed by atoms with Crippen LogP contribution in [0.4, 0.5) is 4.39 Å². The van der Waals surface area contributed by atoms with E-state index < -0.39 is 5.97 Å². The molecule has 15 heavy (non-hydrogen) atoms. The van der Waals surface area contributed by atoms with Crippen LogP contribution in [0, 0.1) is 5.82 Å². The third-order valence-electron chi connectivity index (χ3n) is 2.59. The molecule has 3 heteroatoms. The van der Waals surface area contributed by atoms with Gasteiger partial charge in [0.1, 0.15) is 5.82 Å². The Hall–Kier alpha value is -1.64. The van der Waals surface area contributed by atoms with E-state index in [2.05, 4.69) is 0 Å². The van der Waals surface area contributed by atoms with Crippen LogP contribution in [0.2, 0.25) is 0 Å². The van der Waals surface area contributed by atoms with Crippen molar-refractivity contribution in [2.45, 2.75) is 19.3 Å². The van der Waals surface area contributed by atoms with Gasteiger partial charge in [0.05, 0.1) is 0 Å². The van der Waals surface area contributed by atoms with Crippen LogP contribution in [0.15, 0.2) is 24.3 Å². The Morgan fingerprint density at radius 3 is 3.00 bits per heavy atom. The molecule has 0 spiro atoms. The molecule has 0 bridgehead atoms. The summed E-state index contributed by atoms with van der Waals surface area (Å²) in [6, 6.07) is 4.68.